The Morgan fingerprint density at radius 1 is 1.43 bits per heavy atom. The van der Waals surface area contributed by atoms with Crippen LogP contribution in [-0.2, 0) is 4.79 Å². The molecular weight excluding hydrogens is 266 g/mol. The molecule has 1 unspecified atom stereocenters. The van der Waals surface area contributed by atoms with Gasteiger partial charge in [0.05, 0.1) is 6.61 Å². The number of amides is 1. The molecule has 116 valence electrons. The van der Waals surface area contributed by atoms with Gasteiger partial charge in [-0.1, -0.05) is 13.0 Å². The molecule has 0 fully saturated rings. The molecule has 0 saturated carbocycles. The maximum atomic E-state index is 12.1. The fraction of sp³-hybridized carbons (Fsp3) is 0.562. The molecule has 1 aliphatic rings. The minimum atomic E-state index is -0.251. The first-order valence-electron chi connectivity index (χ1n) is 7.64. The van der Waals surface area contributed by atoms with E-state index in [0.717, 1.165) is 29.9 Å². The third-order valence-electron chi connectivity index (χ3n) is 3.76. The summed E-state index contributed by atoms with van der Waals surface area (Å²) in [5.74, 6) is 0.00820. The number of nitrogens with zero attached hydrogens (tertiary/aromatic N) is 1. The van der Waals surface area contributed by atoms with E-state index in [9.17, 15) is 9.90 Å². The van der Waals surface area contributed by atoms with Crippen LogP contribution in [0.2, 0.25) is 0 Å². The van der Waals surface area contributed by atoms with Crippen molar-refractivity contribution >= 4 is 17.3 Å². The van der Waals surface area contributed by atoms with Gasteiger partial charge in [-0.2, -0.15) is 0 Å². The van der Waals surface area contributed by atoms with E-state index < -0.39 is 0 Å². The van der Waals surface area contributed by atoms with Crippen molar-refractivity contribution in [1.82, 2.24) is 5.32 Å². The minimum Gasteiger partial charge on any atom is -0.395 e. The van der Waals surface area contributed by atoms with Gasteiger partial charge in [0.15, 0.2) is 0 Å². The number of anilines is 2. The monoisotopic (exact) mass is 291 g/mol. The number of fused-ring (bicyclic) bond motifs is 1. The van der Waals surface area contributed by atoms with Crippen molar-refractivity contribution in [2.75, 3.05) is 29.9 Å². The Kier molecular flexibility index (Phi) is 5.20. The van der Waals surface area contributed by atoms with E-state index >= 15 is 0 Å². The average Bonchev–Trinajstić information content (AvgIpc) is 2.76. The minimum absolute atomic E-state index is 0.00820. The molecule has 0 aromatic heterocycles. The van der Waals surface area contributed by atoms with Crippen molar-refractivity contribution in [2.24, 2.45) is 0 Å². The van der Waals surface area contributed by atoms with Gasteiger partial charge < -0.3 is 20.6 Å². The zero-order valence-electron chi connectivity index (χ0n) is 13.0. The largest absolute Gasteiger partial charge is 0.395 e. The van der Waals surface area contributed by atoms with E-state index in [-0.39, 0.29) is 18.6 Å². The van der Waals surface area contributed by atoms with Crippen molar-refractivity contribution in [1.29, 1.82) is 0 Å². The number of hydrogen-bond acceptors (Lipinski definition) is 4. The lowest BCUT2D eigenvalue weighted by molar-refractivity contribution is -0.117. The smallest absolute Gasteiger partial charge is 0.246 e. The van der Waals surface area contributed by atoms with Crippen LogP contribution in [0.1, 0.15) is 38.8 Å². The van der Waals surface area contributed by atoms with Crippen molar-refractivity contribution in [3.8, 4) is 0 Å². The summed E-state index contributed by atoms with van der Waals surface area (Å²) in [4.78, 5) is 14.2. The summed E-state index contributed by atoms with van der Waals surface area (Å²) in [5.41, 5.74) is 2.90. The molecule has 21 heavy (non-hydrogen) atoms. The van der Waals surface area contributed by atoms with Crippen LogP contribution >= 0.6 is 0 Å². The van der Waals surface area contributed by atoms with Gasteiger partial charge in [-0.15, -0.1) is 0 Å². The molecule has 0 saturated heterocycles. The molecular formula is C16H25N3O2. The zero-order valence-corrected chi connectivity index (χ0v) is 13.0. The summed E-state index contributed by atoms with van der Waals surface area (Å²) in [5, 5.41) is 15.4. The number of benzene rings is 1. The van der Waals surface area contributed by atoms with Gasteiger partial charge in [-0.3, -0.25) is 4.79 Å². The molecule has 1 aliphatic heterocycles. The lowest BCUT2D eigenvalue weighted by Crippen LogP contribution is -2.33. The van der Waals surface area contributed by atoms with Crippen LogP contribution in [0.4, 0.5) is 11.4 Å². The van der Waals surface area contributed by atoms with E-state index in [1.807, 2.05) is 18.2 Å². The van der Waals surface area contributed by atoms with E-state index in [1.54, 1.807) is 0 Å². The Morgan fingerprint density at radius 3 is 2.81 bits per heavy atom. The van der Waals surface area contributed by atoms with Crippen molar-refractivity contribution in [3.05, 3.63) is 23.8 Å². The fourth-order valence-corrected chi connectivity index (χ4v) is 2.71. The lowest BCUT2D eigenvalue weighted by Gasteiger charge is -2.28. The molecule has 0 radical (unpaired) electrons. The molecule has 2 rings (SSSR count). The summed E-state index contributed by atoms with van der Waals surface area (Å²) in [7, 11) is 0. The SMILES string of the molecule is CCCNC1C(=O)Nc2cc(N(CCO)C(C)C)ccc21. The van der Waals surface area contributed by atoms with Crippen molar-refractivity contribution in [2.45, 2.75) is 39.3 Å². The number of hydrogen-bond donors (Lipinski definition) is 3. The van der Waals surface area contributed by atoms with Crippen LogP contribution in [-0.4, -0.2) is 36.8 Å². The Hall–Kier alpha value is -1.59. The second-order valence-corrected chi connectivity index (χ2v) is 5.66. The van der Waals surface area contributed by atoms with Crippen LogP contribution in [0.15, 0.2) is 18.2 Å². The van der Waals surface area contributed by atoms with E-state index in [1.165, 1.54) is 0 Å². The first-order chi connectivity index (χ1) is 10.1. The molecule has 1 atom stereocenters. The first-order valence-corrected chi connectivity index (χ1v) is 7.64. The van der Waals surface area contributed by atoms with Gasteiger partial charge in [0, 0.05) is 29.5 Å². The summed E-state index contributed by atoms with van der Waals surface area (Å²) in [6.07, 6.45) is 0.995. The predicted octanol–water partition coefficient (Wildman–Crippen LogP) is 1.89. The third-order valence-corrected chi connectivity index (χ3v) is 3.76. The first kappa shape index (κ1) is 15.8. The molecule has 0 spiro atoms. The Labute approximate surface area is 126 Å². The van der Waals surface area contributed by atoms with Crippen LogP contribution < -0.4 is 15.5 Å². The molecule has 1 amide bonds. The number of aliphatic hydroxyl groups excluding tert-OH is 1. The number of carbonyl (C=O) groups excluding carboxylic acids is 1. The van der Waals surface area contributed by atoms with E-state index in [4.69, 9.17) is 0 Å². The number of aliphatic hydroxyl groups is 1. The standard InChI is InChI=1S/C16H25N3O2/c1-4-7-17-15-13-6-5-12(10-14(13)18-16(15)21)19(8-9-20)11(2)3/h5-6,10-11,15,17,20H,4,7-9H2,1-3H3,(H,18,21). The fourth-order valence-electron chi connectivity index (χ4n) is 2.71. The topological polar surface area (TPSA) is 64.6 Å². The molecule has 5 heteroatoms. The highest BCUT2D eigenvalue weighted by Crippen LogP contribution is 2.34. The second-order valence-electron chi connectivity index (χ2n) is 5.66. The van der Waals surface area contributed by atoms with Gasteiger partial charge in [-0.25, -0.2) is 0 Å². The molecule has 1 aromatic rings. The van der Waals surface area contributed by atoms with Crippen LogP contribution in [0.5, 0.6) is 0 Å². The van der Waals surface area contributed by atoms with Gasteiger partial charge >= 0.3 is 0 Å². The highest BCUT2D eigenvalue weighted by molar-refractivity contribution is 6.03. The number of carbonyl (C=O) groups is 1. The maximum Gasteiger partial charge on any atom is 0.246 e. The lowest BCUT2D eigenvalue weighted by atomic mass is 10.1. The summed E-state index contributed by atoms with van der Waals surface area (Å²) in [6.45, 7) is 7.78. The van der Waals surface area contributed by atoms with Crippen LogP contribution in [0.25, 0.3) is 0 Å². The summed E-state index contributed by atoms with van der Waals surface area (Å²) >= 11 is 0. The third kappa shape index (κ3) is 3.36. The van der Waals surface area contributed by atoms with Gasteiger partial charge in [0.2, 0.25) is 5.91 Å². The van der Waals surface area contributed by atoms with Crippen molar-refractivity contribution in [3.63, 3.8) is 0 Å². The summed E-state index contributed by atoms with van der Waals surface area (Å²) < 4.78 is 0. The van der Waals surface area contributed by atoms with E-state index in [2.05, 4.69) is 36.3 Å². The summed E-state index contributed by atoms with van der Waals surface area (Å²) in [6, 6.07) is 6.06. The molecule has 1 aromatic carbocycles. The Morgan fingerprint density at radius 2 is 2.19 bits per heavy atom. The molecule has 0 bridgehead atoms. The number of nitrogens with one attached hydrogen (secondary N) is 2. The maximum absolute atomic E-state index is 12.1. The van der Waals surface area contributed by atoms with Gasteiger partial charge in [0.1, 0.15) is 6.04 Å². The second kappa shape index (κ2) is 6.91. The number of rotatable bonds is 7. The molecule has 3 N–H and O–H groups in total. The zero-order chi connectivity index (χ0) is 15.4. The highest BCUT2D eigenvalue weighted by atomic mass is 16.3. The molecule has 1 heterocycles. The van der Waals surface area contributed by atoms with Crippen LogP contribution in [0, 0.1) is 0 Å². The highest BCUT2D eigenvalue weighted by Gasteiger charge is 2.30. The molecule has 5 nitrogen and oxygen atoms in total. The average molecular weight is 291 g/mol. The van der Waals surface area contributed by atoms with Crippen molar-refractivity contribution < 1.29 is 9.90 Å². The normalized spacial score (nSPS) is 17.0. The predicted molar refractivity (Wildman–Crippen MR) is 85.7 cm³/mol. The Bertz CT molecular complexity index is 502. The molecule has 0 aliphatic carbocycles. The Balaban J connectivity index is 2.24. The van der Waals surface area contributed by atoms with Crippen LogP contribution in [0.3, 0.4) is 0 Å². The van der Waals surface area contributed by atoms with Gasteiger partial charge in [-0.05, 0) is 38.9 Å². The quantitative estimate of drug-likeness (QED) is 0.718. The van der Waals surface area contributed by atoms with Gasteiger partial charge in [0.25, 0.3) is 0 Å². The van der Waals surface area contributed by atoms with E-state index in [0.29, 0.717) is 12.6 Å².